The summed E-state index contributed by atoms with van der Waals surface area (Å²) in [6, 6.07) is 0. The highest BCUT2D eigenvalue weighted by atomic mass is 31.2. The fourth-order valence-corrected chi connectivity index (χ4v) is 11.0. The molecule has 0 saturated heterocycles. The minimum Gasteiger partial charge on any atom is -0.462 e. The van der Waals surface area contributed by atoms with E-state index in [0.717, 1.165) is 109 Å². The largest absolute Gasteiger partial charge is 0.472 e. The molecule has 0 aliphatic carbocycles. The normalized spacial score (nSPS) is 14.3. The standard InChI is InChI=1S/C63H122O17P2/c1-6-9-12-15-18-20-23-28-32-37-42-47-61(66)74-53-59(80-63(68)49-44-39-34-29-25-22-21-24-27-31-35-40-45-56(4)5)55-78-82(71,72)76-51-57(64)50-75-81(69,70)77-54-58(52-73-60(65)46-41-36-30-17-14-11-8-3)79-62(67)48-43-38-33-26-19-16-13-10-7-2/h56-59,64H,6-55H2,1-5H3,(H,69,70)(H,71,72)/t57-,58+,59+/m0/s1. The predicted molar refractivity (Wildman–Crippen MR) is 326 cm³/mol. The molecule has 0 aromatic carbocycles. The molecule has 0 aromatic heterocycles. The molecule has 0 rings (SSSR count). The molecule has 3 N–H and O–H groups in total. The lowest BCUT2D eigenvalue weighted by Gasteiger charge is -2.21. The van der Waals surface area contributed by atoms with Crippen LogP contribution in [-0.4, -0.2) is 96.7 Å². The number of ether oxygens (including phenoxy) is 4. The molecule has 17 nitrogen and oxygen atoms in total. The van der Waals surface area contributed by atoms with Gasteiger partial charge in [-0.25, -0.2) is 9.13 Å². The van der Waals surface area contributed by atoms with Crippen molar-refractivity contribution in [3.05, 3.63) is 0 Å². The number of esters is 4. The third-order valence-corrected chi connectivity index (χ3v) is 16.4. The second-order valence-corrected chi connectivity index (χ2v) is 26.2. The lowest BCUT2D eigenvalue weighted by molar-refractivity contribution is -0.161. The maximum absolute atomic E-state index is 13.0. The molecule has 0 bridgehead atoms. The third kappa shape index (κ3) is 57.2. The van der Waals surface area contributed by atoms with Gasteiger partial charge >= 0.3 is 39.5 Å². The van der Waals surface area contributed by atoms with Gasteiger partial charge in [-0.15, -0.1) is 0 Å². The second-order valence-electron chi connectivity index (χ2n) is 23.3. The van der Waals surface area contributed by atoms with E-state index < -0.39 is 97.5 Å². The van der Waals surface area contributed by atoms with Crippen LogP contribution in [0.1, 0.15) is 317 Å². The maximum Gasteiger partial charge on any atom is 0.472 e. The Morgan fingerprint density at radius 2 is 0.561 bits per heavy atom. The van der Waals surface area contributed by atoms with Gasteiger partial charge in [0.15, 0.2) is 12.2 Å². The van der Waals surface area contributed by atoms with Crippen LogP contribution in [0.15, 0.2) is 0 Å². The highest BCUT2D eigenvalue weighted by Gasteiger charge is 2.30. The van der Waals surface area contributed by atoms with E-state index in [4.69, 9.17) is 37.0 Å². The van der Waals surface area contributed by atoms with Gasteiger partial charge in [-0.2, -0.15) is 0 Å². The monoisotopic (exact) mass is 1210 g/mol. The molecule has 82 heavy (non-hydrogen) atoms. The van der Waals surface area contributed by atoms with Crippen LogP contribution >= 0.6 is 15.6 Å². The van der Waals surface area contributed by atoms with Crippen LogP contribution < -0.4 is 0 Å². The summed E-state index contributed by atoms with van der Waals surface area (Å²) in [5.74, 6) is -1.36. The van der Waals surface area contributed by atoms with Crippen LogP contribution in [0.4, 0.5) is 0 Å². The van der Waals surface area contributed by atoms with Gasteiger partial charge in [0.25, 0.3) is 0 Å². The van der Waals surface area contributed by atoms with Crippen molar-refractivity contribution in [1.29, 1.82) is 0 Å². The van der Waals surface area contributed by atoms with E-state index >= 15 is 0 Å². The fourth-order valence-electron chi connectivity index (χ4n) is 9.41. The van der Waals surface area contributed by atoms with Crippen LogP contribution in [0.2, 0.25) is 0 Å². The third-order valence-electron chi connectivity index (χ3n) is 14.5. The number of carbonyl (C=O) groups is 4. The van der Waals surface area contributed by atoms with Gasteiger partial charge in [0, 0.05) is 25.7 Å². The summed E-state index contributed by atoms with van der Waals surface area (Å²) in [4.78, 5) is 72.0. The SMILES string of the molecule is CCCCCCCCCCCCCC(=O)OC[C@H](COP(=O)(O)OC[C@@H](O)COP(=O)(O)OC[C@@H](COC(=O)CCCCCCCCC)OC(=O)CCCCCCCCCCC)OC(=O)CCCCCCCCCCCCCCC(C)C. The number of carbonyl (C=O) groups excluding carboxylic acids is 4. The Labute approximate surface area is 498 Å². The van der Waals surface area contributed by atoms with Crippen molar-refractivity contribution in [3.8, 4) is 0 Å². The first-order valence-corrected chi connectivity index (χ1v) is 36.1. The van der Waals surface area contributed by atoms with Crippen molar-refractivity contribution < 1.29 is 80.2 Å². The molecule has 486 valence electrons. The van der Waals surface area contributed by atoms with Gasteiger partial charge < -0.3 is 33.8 Å². The molecule has 0 heterocycles. The summed E-state index contributed by atoms with van der Waals surface area (Å²) in [5, 5.41) is 10.5. The average molecular weight is 1210 g/mol. The first-order valence-electron chi connectivity index (χ1n) is 33.1. The quantitative estimate of drug-likeness (QED) is 0.0222. The van der Waals surface area contributed by atoms with E-state index in [1.54, 1.807) is 0 Å². The Morgan fingerprint density at radius 3 is 0.829 bits per heavy atom. The van der Waals surface area contributed by atoms with E-state index in [1.807, 2.05) is 0 Å². The van der Waals surface area contributed by atoms with Gasteiger partial charge in [-0.1, -0.05) is 266 Å². The number of hydrogen-bond donors (Lipinski definition) is 3. The molecule has 0 spiro atoms. The van der Waals surface area contributed by atoms with Crippen LogP contribution in [0.3, 0.4) is 0 Å². The number of aliphatic hydroxyl groups excluding tert-OH is 1. The molecule has 0 amide bonds. The molecular formula is C63H122O17P2. The van der Waals surface area contributed by atoms with Crippen molar-refractivity contribution in [2.45, 2.75) is 335 Å². The zero-order chi connectivity index (χ0) is 60.6. The van der Waals surface area contributed by atoms with Gasteiger partial charge in [-0.05, 0) is 31.6 Å². The number of phosphoric acid groups is 2. The van der Waals surface area contributed by atoms with Crippen molar-refractivity contribution in [3.63, 3.8) is 0 Å². The minimum atomic E-state index is -4.94. The van der Waals surface area contributed by atoms with Crippen molar-refractivity contribution in [2.24, 2.45) is 5.92 Å². The molecule has 0 radical (unpaired) electrons. The van der Waals surface area contributed by atoms with Gasteiger partial charge in [0.2, 0.25) is 0 Å². The van der Waals surface area contributed by atoms with Crippen LogP contribution in [0.5, 0.6) is 0 Å². The number of phosphoric ester groups is 2. The van der Waals surface area contributed by atoms with Crippen molar-refractivity contribution in [2.75, 3.05) is 39.6 Å². The van der Waals surface area contributed by atoms with Gasteiger partial charge in [0.05, 0.1) is 26.4 Å². The van der Waals surface area contributed by atoms with Crippen LogP contribution in [-0.2, 0) is 65.4 Å². The molecule has 2 unspecified atom stereocenters. The lowest BCUT2D eigenvalue weighted by Crippen LogP contribution is -2.30. The number of aliphatic hydroxyl groups is 1. The summed E-state index contributed by atoms with van der Waals surface area (Å²) < 4.78 is 67.8. The highest BCUT2D eigenvalue weighted by Crippen LogP contribution is 2.45. The molecular weight excluding hydrogens is 1090 g/mol. The average Bonchev–Trinajstić information content (AvgIpc) is 3.44. The fraction of sp³-hybridized carbons (Fsp3) is 0.937. The zero-order valence-electron chi connectivity index (χ0n) is 52.6. The Hall–Kier alpha value is -1.94. The summed E-state index contributed by atoms with van der Waals surface area (Å²) in [6.07, 6.45) is 40.3. The van der Waals surface area contributed by atoms with E-state index in [0.29, 0.717) is 25.7 Å². The number of unbranched alkanes of at least 4 members (excludes halogenated alkanes) is 35. The van der Waals surface area contributed by atoms with Crippen molar-refractivity contribution >= 4 is 39.5 Å². The Morgan fingerprint density at radius 1 is 0.329 bits per heavy atom. The molecule has 0 fully saturated rings. The van der Waals surface area contributed by atoms with E-state index in [9.17, 15) is 43.2 Å². The van der Waals surface area contributed by atoms with Crippen molar-refractivity contribution in [1.82, 2.24) is 0 Å². The van der Waals surface area contributed by atoms with Crippen LogP contribution in [0, 0.1) is 5.92 Å². The molecule has 0 aliphatic rings. The molecule has 5 atom stereocenters. The Kier molecular flexibility index (Phi) is 55.5. The Balaban J connectivity index is 5.20. The molecule has 19 heteroatoms. The molecule has 0 aliphatic heterocycles. The molecule has 0 aromatic rings. The first-order chi connectivity index (χ1) is 39.5. The number of rotatable bonds is 63. The Bertz CT molecular complexity index is 1600. The summed E-state index contributed by atoms with van der Waals surface area (Å²) in [6.45, 7) is 7.14. The lowest BCUT2D eigenvalue weighted by atomic mass is 10.0. The van der Waals surface area contributed by atoms with Gasteiger partial charge in [-0.3, -0.25) is 37.3 Å². The van der Waals surface area contributed by atoms with E-state index in [1.165, 1.54) is 128 Å². The summed E-state index contributed by atoms with van der Waals surface area (Å²) in [5.41, 5.74) is 0. The van der Waals surface area contributed by atoms with Crippen LogP contribution in [0.25, 0.3) is 0 Å². The minimum absolute atomic E-state index is 0.105. The second kappa shape index (κ2) is 56.8. The van der Waals surface area contributed by atoms with E-state index in [-0.39, 0.29) is 25.7 Å². The topological polar surface area (TPSA) is 237 Å². The summed E-state index contributed by atoms with van der Waals surface area (Å²) in [7, 11) is -9.88. The number of hydrogen-bond acceptors (Lipinski definition) is 15. The summed E-state index contributed by atoms with van der Waals surface area (Å²) >= 11 is 0. The zero-order valence-corrected chi connectivity index (χ0v) is 54.4. The predicted octanol–water partition coefficient (Wildman–Crippen LogP) is 17.4. The first kappa shape index (κ1) is 80.1. The smallest absolute Gasteiger partial charge is 0.462 e. The highest BCUT2D eigenvalue weighted by molar-refractivity contribution is 7.47. The maximum atomic E-state index is 13.0. The van der Waals surface area contributed by atoms with Gasteiger partial charge in [0.1, 0.15) is 19.3 Å². The van der Waals surface area contributed by atoms with E-state index in [2.05, 4.69) is 34.6 Å². The molecule has 0 saturated carbocycles.